The van der Waals surface area contributed by atoms with Crippen molar-refractivity contribution in [2.75, 3.05) is 24.8 Å². The maximum atomic E-state index is 8.70. The summed E-state index contributed by atoms with van der Waals surface area (Å²) in [7, 11) is 0. The number of rotatable bonds is 6. The summed E-state index contributed by atoms with van der Waals surface area (Å²) in [5.74, 6) is 1.13. The van der Waals surface area contributed by atoms with Gasteiger partial charge in [-0.3, -0.25) is 5.01 Å². The van der Waals surface area contributed by atoms with Crippen molar-refractivity contribution in [2.45, 2.75) is 0 Å². The highest BCUT2D eigenvalue weighted by molar-refractivity contribution is 6.18. The van der Waals surface area contributed by atoms with E-state index in [1.165, 1.54) is 6.33 Å². The smallest absolute Gasteiger partial charge is 0.212 e. The van der Waals surface area contributed by atoms with Crippen LogP contribution in [0.25, 0.3) is 0 Å². The van der Waals surface area contributed by atoms with Crippen LogP contribution in [0.2, 0.25) is 0 Å². The van der Waals surface area contributed by atoms with Crippen LogP contribution in [0.3, 0.4) is 0 Å². The Bertz CT molecular complexity index is 376. The van der Waals surface area contributed by atoms with E-state index < -0.39 is 0 Å². The molecule has 0 aliphatic carbocycles. The van der Waals surface area contributed by atoms with Crippen molar-refractivity contribution < 1.29 is 0 Å². The zero-order valence-corrected chi connectivity index (χ0v) is 9.91. The number of nitrogens with one attached hydrogen (secondary N) is 1. The van der Waals surface area contributed by atoms with E-state index in [0.29, 0.717) is 24.8 Å². The third-order valence-electron chi connectivity index (χ3n) is 1.68. The lowest BCUT2D eigenvalue weighted by molar-refractivity contribution is 0.304. The molecule has 8 heteroatoms. The van der Waals surface area contributed by atoms with Crippen molar-refractivity contribution in [1.82, 2.24) is 15.0 Å². The summed E-state index contributed by atoms with van der Waals surface area (Å²) < 4.78 is 0. The van der Waals surface area contributed by atoms with Gasteiger partial charge in [0.15, 0.2) is 5.69 Å². The van der Waals surface area contributed by atoms with E-state index in [-0.39, 0.29) is 11.5 Å². The molecule has 0 aliphatic rings. The van der Waals surface area contributed by atoms with Crippen molar-refractivity contribution in [3.63, 3.8) is 0 Å². The van der Waals surface area contributed by atoms with Crippen LogP contribution < -0.4 is 0 Å². The predicted octanol–water partition coefficient (Wildman–Crippen LogP) is 2.06. The number of hydrogen-bond acceptors (Lipinski definition) is 4. The number of nitriles is 1. The lowest BCUT2D eigenvalue weighted by Gasteiger charge is -2.13. The Morgan fingerprint density at radius 1 is 1.44 bits per heavy atom. The first-order valence-corrected chi connectivity index (χ1v) is 5.60. The lowest BCUT2D eigenvalue weighted by atomic mass is 10.5. The van der Waals surface area contributed by atoms with Crippen LogP contribution in [0.1, 0.15) is 5.69 Å². The Labute approximate surface area is 103 Å². The quantitative estimate of drug-likeness (QED) is 0.483. The molecular formula is C8H10Cl2N6. The van der Waals surface area contributed by atoms with Crippen LogP contribution in [0.15, 0.2) is 16.7 Å². The molecule has 0 amide bonds. The number of imidazole rings is 1. The van der Waals surface area contributed by atoms with E-state index >= 15 is 0 Å². The maximum absolute atomic E-state index is 8.70. The van der Waals surface area contributed by atoms with E-state index in [1.807, 2.05) is 6.07 Å². The first-order chi connectivity index (χ1) is 7.81. The summed E-state index contributed by atoms with van der Waals surface area (Å²) in [5, 5.41) is 18.1. The second-order valence-electron chi connectivity index (χ2n) is 2.73. The van der Waals surface area contributed by atoms with E-state index in [2.05, 4.69) is 20.3 Å². The van der Waals surface area contributed by atoms with E-state index in [0.717, 1.165) is 0 Å². The minimum absolute atomic E-state index is 0.261. The van der Waals surface area contributed by atoms with Crippen LogP contribution in [-0.4, -0.2) is 39.8 Å². The SMILES string of the molecule is N#Cc1[nH]cnc1/N=N\N(CCCl)CCCl. The van der Waals surface area contributed by atoms with Crippen LogP contribution in [-0.2, 0) is 0 Å². The molecule has 0 aromatic carbocycles. The number of H-pyrrole nitrogens is 1. The summed E-state index contributed by atoms with van der Waals surface area (Å²) in [6.45, 7) is 1.09. The van der Waals surface area contributed by atoms with Gasteiger partial charge in [0.1, 0.15) is 6.07 Å². The second kappa shape index (κ2) is 7.04. The molecule has 6 nitrogen and oxygen atoms in total. The number of halogens is 2. The average molecular weight is 261 g/mol. The number of hydrogen-bond donors (Lipinski definition) is 1. The van der Waals surface area contributed by atoms with Crippen molar-refractivity contribution in [2.24, 2.45) is 10.3 Å². The molecule has 1 aromatic rings. The van der Waals surface area contributed by atoms with Gasteiger partial charge in [-0.2, -0.15) is 5.26 Å². The fourth-order valence-electron chi connectivity index (χ4n) is 0.947. The van der Waals surface area contributed by atoms with Crippen LogP contribution in [0.4, 0.5) is 5.82 Å². The van der Waals surface area contributed by atoms with Gasteiger partial charge < -0.3 is 4.98 Å². The average Bonchev–Trinajstić information content (AvgIpc) is 2.74. The Kier molecular flexibility index (Phi) is 5.61. The van der Waals surface area contributed by atoms with Gasteiger partial charge in [0.2, 0.25) is 5.82 Å². The highest BCUT2D eigenvalue weighted by Crippen LogP contribution is 2.12. The molecule has 0 aliphatic heterocycles. The van der Waals surface area contributed by atoms with Gasteiger partial charge in [-0.05, 0) is 0 Å². The van der Waals surface area contributed by atoms with Gasteiger partial charge in [0.25, 0.3) is 0 Å². The molecule has 0 saturated heterocycles. The van der Waals surface area contributed by atoms with Gasteiger partial charge in [-0.25, -0.2) is 4.98 Å². The summed E-state index contributed by atoms with van der Waals surface area (Å²) in [6.07, 6.45) is 1.39. The monoisotopic (exact) mass is 260 g/mol. The minimum Gasteiger partial charge on any atom is -0.334 e. The highest BCUT2D eigenvalue weighted by atomic mass is 35.5. The first-order valence-electron chi connectivity index (χ1n) is 4.53. The van der Waals surface area contributed by atoms with Crippen LogP contribution in [0.5, 0.6) is 0 Å². The Hall–Kier alpha value is -1.32. The molecule has 1 rings (SSSR count). The predicted molar refractivity (Wildman–Crippen MR) is 60.8 cm³/mol. The summed E-state index contributed by atoms with van der Waals surface area (Å²) in [6, 6.07) is 1.92. The van der Waals surface area contributed by atoms with Gasteiger partial charge in [0, 0.05) is 11.8 Å². The fourth-order valence-corrected chi connectivity index (χ4v) is 1.34. The second-order valence-corrected chi connectivity index (χ2v) is 3.49. The van der Waals surface area contributed by atoms with Gasteiger partial charge in [0.05, 0.1) is 19.4 Å². The van der Waals surface area contributed by atoms with E-state index in [9.17, 15) is 0 Å². The van der Waals surface area contributed by atoms with E-state index in [4.69, 9.17) is 28.5 Å². The normalized spacial score (nSPS) is 10.6. The third kappa shape index (κ3) is 3.68. The molecule has 86 valence electrons. The molecule has 0 radical (unpaired) electrons. The van der Waals surface area contributed by atoms with Crippen molar-refractivity contribution in [3.05, 3.63) is 12.0 Å². The molecule has 0 fully saturated rings. The molecule has 0 atom stereocenters. The molecule has 1 N–H and O–H groups in total. The zero-order valence-electron chi connectivity index (χ0n) is 8.40. The molecular weight excluding hydrogens is 251 g/mol. The number of nitrogens with zero attached hydrogens (tertiary/aromatic N) is 5. The molecule has 16 heavy (non-hydrogen) atoms. The Morgan fingerprint density at radius 3 is 2.69 bits per heavy atom. The van der Waals surface area contributed by atoms with E-state index in [1.54, 1.807) is 5.01 Å². The molecule has 0 saturated carbocycles. The molecule has 1 heterocycles. The third-order valence-corrected chi connectivity index (χ3v) is 2.02. The number of aromatic amines is 1. The largest absolute Gasteiger partial charge is 0.334 e. The first kappa shape index (κ1) is 12.7. The zero-order chi connectivity index (χ0) is 11.8. The molecule has 0 bridgehead atoms. The van der Waals surface area contributed by atoms with Gasteiger partial charge in [-0.15, -0.1) is 28.3 Å². The summed E-state index contributed by atoms with van der Waals surface area (Å²) in [4.78, 5) is 6.49. The molecule has 0 spiro atoms. The van der Waals surface area contributed by atoms with Crippen molar-refractivity contribution in [3.8, 4) is 6.07 Å². The highest BCUT2D eigenvalue weighted by Gasteiger charge is 2.04. The van der Waals surface area contributed by atoms with Crippen molar-refractivity contribution in [1.29, 1.82) is 5.26 Å². The molecule has 1 aromatic heterocycles. The maximum Gasteiger partial charge on any atom is 0.212 e. The topological polar surface area (TPSA) is 80.4 Å². The lowest BCUT2D eigenvalue weighted by Crippen LogP contribution is -2.21. The van der Waals surface area contributed by atoms with Crippen LogP contribution in [0, 0.1) is 11.3 Å². The number of alkyl halides is 2. The fraction of sp³-hybridized carbons (Fsp3) is 0.500. The Morgan fingerprint density at radius 2 is 2.12 bits per heavy atom. The van der Waals surface area contributed by atoms with Gasteiger partial charge >= 0.3 is 0 Å². The summed E-state index contributed by atoms with van der Waals surface area (Å²) in [5.41, 5.74) is 0.278. The minimum atomic E-state index is 0.261. The van der Waals surface area contributed by atoms with Gasteiger partial charge in [-0.1, -0.05) is 5.22 Å². The Balaban J connectivity index is 2.66. The number of aromatic nitrogens is 2. The standard InChI is InChI=1S/C8H10Cl2N6/c9-1-3-16(4-2-10)15-14-8-7(5-11)12-6-13-8/h6H,1-4H2,(H,12,13)/b15-14-. The summed E-state index contributed by atoms with van der Waals surface area (Å²) >= 11 is 11.2. The van der Waals surface area contributed by atoms with Crippen LogP contribution >= 0.6 is 23.2 Å². The van der Waals surface area contributed by atoms with Crippen molar-refractivity contribution >= 4 is 29.0 Å². The molecule has 0 unspecified atom stereocenters.